The van der Waals surface area contributed by atoms with Gasteiger partial charge in [0.1, 0.15) is 15.9 Å². The quantitative estimate of drug-likeness (QED) is 0.515. The molecule has 0 aromatic carbocycles. The molecule has 1 amide bonds. The number of hydrogen-bond donors (Lipinski definition) is 3. The molecule has 0 spiro atoms. The molecule has 1 heterocycles. The highest BCUT2D eigenvalue weighted by atomic mass is 32.2. The van der Waals surface area contributed by atoms with Crippen LogP contribution in [0.5, 0.6) is 0 Å². The van der Waals surface area contributed by atoms with Gasteiger partial charge in [0.2, 0.25) is 5.91 Å². The lowest BCUT2D eigenvalue weighted by atomic mass is 10.1. The third-order valence-electron chi connectivity index (χ3n) is 3.41. The monoisotopic (exact) mass is 321 g/mol. The van der Waals surface area contributed by atoms with Crippen LogP contribution in [0.2, 0.25) is 0 Å². The highest BCUT2D eigenvalue weighted by Gasteiger charge is 2.24. The molecular formula is C12H23N3O5S. The Labute approximate surface area is 124 Å². The van der Waals surface area contributed by atoms with Crippen LogP contribution in [0.1, 0.15) is 19.3 Å². The van der Waals surface area contributed by atoms with Crippen LogP contribution in [-0.2, 0) is 19.4 Å². The van der Waals surface area contributed by atoms with E-state index in [-0.39, 0.29) is 24.8 Å². The molecule has 1 aliphatic heterocycles. The van der Waals surface area contributed by atoms with Crippen LogP contribution in [0, 0.1) is 0 Å². The largest absolute Gasteiger partial charge is 0.480 e. The van der Waals surface area contributed by atoms with E-state index in [1.807, 2.05) is 4.90 Å². The number of carbonyl (C=O) groups excluding carboxylic acids is 1. The molecule has 0 bridgehead atoms. The van der Waals surface area contributed by atoms with Crippen molar-refractivity contribution in [3.8, 4) is 0 Å². The Balaban J connectivity index is 2.43. The maximum atomic E-state index is 11.8. The van der Waals surface area contributed by atoms with Gasteiger partial charge in [-0.15, -0.1) is 0 Å². The van der Waals surface area contributed by atoms with Gasteiger partial charge < -0.3 is 16.2 Å². The average molecular weight is 321 g/mol. The van der Waals surface area contributed by atoms with Gasteiger partial charge in [0.25, 0.3) is 0 Å². The Bertz CT molecular complexity index is 471. The fourth-order valence-corrected chi connectivity index (χ4v) is 2.81. The minimum atomic E-state index is -3.26. The van der Waals surface area contributed by atoms with Crippen molar-refractivity contribution in [3.05, 3.63) is 0 Å². The van der Waals surface area contributed by atoms with Gasteiger partial charge in [-0.1, -0.05) is 0 Å². The van der Waals surface area contributed by atoms with Crippen LogP contribution in [0.25, 0.3) is 0 Å². The van der Waals surface area contributed by atoms with Crippen molar-refractivity contribution in [3.63, 3.8) is 0 Å². The van der Waals surface area contributed by atoms with E-state index < -0.39 is 27.8 Å². The lowest BCUT2D eigenvalue weighted by molar-refractivity contribution is -0.142. The van der Waals surface area contributed by atoms with E-state index in [1.165, 1.54) is 0 Å². The van der Waals surface area contributed by atoms with Gasteiger partial charge in [-0.2, -0.15) is 0 Å². The lowest BCUT2D eigenvalue weighted by Gasteiger charge is -2.29. The molecule has 1 aliphatic rings. The zero-order chi connectivity index (χ0) is 16.0. The molecule has 122 valence electrons. The number of piperidine rings is 1. The van der Waals surface area contributed by atoms with Gasteiger partial charge in [0.05, 0.1) is 12.3 Å². The number of nitrogens with two attached hydrogens (primary N) is 1. The first-order chi connectivity index (χ1) is 9.67. The molecule has 1 atom stereocenters. The summed E-state index contributed by atoms with van der Waals surface area (Å²) in [5, 5.41) is 11.4. The number of sulfone groups is 1. The number of hydrogen-bond acceptors (Lipinski definition) is 6. The van der Waals surface area contributed by atoms with Gasteiger partial charge in [0, 0.05) is 25.4 Å². The fraction of sp³-hybridized carbons (Fsp3) is 0.833. The Kier molecular flexibility index (Phi) is 6.56. The lowest BCUT2D eigenvalue weighted by Crippen LogP contribution is -2.48. The molecule has 21 heavy (non-hydrogen) atoms. The molecule has 1 fully saturated rings. The van der Waals surface area contributed by atoms with Crippen molar-refractivity contribution in [1.29, 1.82) is 0 Å². The number of amides is 1. The fourth-order valence-electron chi connectivity index (χ4n) is 2.14. The summed E-state index contributed by atoms with van der Waals surface area (Å²) in [6.45, 7) is 1.51. The predicted molar refractivity (Wildman–Crippen MR) is 77.5 cm³/mol. The molecule has 0 aromatic heterocycles. The van der Waals surface area contributed by atoms with Crippen molar-refractivity contribution in [2.75, 3.05) is 31.6 Å². The standard InChI is InChI=1S/C12H23N3O5S/c1-21(19,20)7-4-10(12(17)18)14-11(16)8-15-5-2-9(13)3-6-15/h9-10H,2-8,13H2,1H3,(H,14,16)(H,17,18). The second kappa shape index (κ2) is 7.71. The summed E-state index contributed by atoms with van der Waals surface area (Å²) < 4.78 is 22.1. The summed E-state index contributed by atoms with van der Waals surface area (Å²) in [5.41, 5.74) is 5.77. The van der Waals surface area contributed by atoms with Gasteiger partial charge in [-0.3, -0.25) is 9.69 Å². The van der Waals surface area contributed by atoms with Gasteiger partial charge in [0.15, 0.2) is 0 Å². The van der Waals surface area contributed by atoms with Crippen molar-refractivity contribution >= 4 is 21.7 Å². The SMILES string of the molecule is CS(=O)(=O)CCC(NC(=O)CN1CCC(N)CC1)C(=O)O. The highest BCUT2D eigenvalue weighted by molar-refractivity contribution is 7.90. The van der Waals surface area contributed by atoms with Crippen molar-refractivity contribution in [2.45, 2.75) is 31.3 Å². The van der Waals surface area contributed by atoms with E-state index in [1.54, 1.807) is 0 Å². The first-order valence-electron chi connectivity index (χ1n) is 6.85. The summed E-state index contributed by atoms with van der Waals surface area (Å²) in [6.07, 6.45) is 2.52. The van der Waals surface area contributed by atoms with E-state index in [2.05, 4.69) is 5.32 Å². The van der Waals surface area contributed by atoms with Crippen molar-refractivity contribution in [2.24, 2.45) is 5.73 Å². The number of likely N-dealkylation sites (tertiary alicyclic amines) is 1. The summed E-state index contributed by atoms with van der Waals surface area (Å²) in [6, 6.07) is -1.02. The minimum Gasteiger partial charge on any atom is -0.480 e. The van der Waals surface area contributed by atoms with Crippen LogP contribution >= 0.6 is 0 Å². The number of carbonyl (C=O) groups is 2. The molecule has 0 aromatic rings. The smallest absolute Gasteiger partial charge is 0.326 e. The summed E-state index contributed by atoms with van der Waals surface area (Å²) in [5.74, 6) is -1.91. The minimum absolute atomic E-state index is 0.107. The van der Waals surface area contributed by atoms with E-state index in [9.17, 15) is 18.0 Å². The van der Waals surface area contributed by atoms with Crippen LogP contribution in [0.15, 0.2) is 0 Å². The number of carboxylic acid groups (broad SMARTS) is 1. The van der Waals surface area contributed by atoms with E-state index in [0.717, 1.165) is 19.1 Å². The summed E-state index contributed by atoms with van der Waals surface area (Å²) in [4.78, 5) is 24.8. The van der Waals surface area contributed by atoms with Crippen LogP contribution in [0.3, 0.4) is 0 Å². The number of nitrogens with one attached hydrogen (secondary N) is 1. The third kappa shape index (κ3) is 7.39. The zero-order valence-electron chi connectivity index (χ0n) is 12.1. The molecule has 0 saturated carbocycles. The molecule has 1 saturated heterocycles. The first kappa shape index (κ1) is 17.9. The average Bonchev–Trinajstić information content (AvgIpc) is 2.36. The topological polar surface area (TPSA) is 130 Å². The van der Waals surface area contributed by atoms with Crippen LogP contribution in [-0.4, -0.2) is 74.0 Å². The molecule has 0 radical (unpaired) electrons. The molecular weight excluding hydrogens is 298 g/mol. The van der Waals surface area contributed by atoms with Crippen LogP contribution < -0.4 is 11.1 Å². The number of carboxylic acids is 1. The Morgan fingerprint density at radius 3 is 2.43 bits per heavy atom. The van der Waals surface area contributed by atoms with Crippen LogP contribution in [0.4, 0.5) is 0 Å². The Hall–Kier alpha value is -1.19. The second-order valence-corrected chi connectivity index (χ2v) is 7.75. The zero-order valence-corrected chi connectivity index (χ0v) is 12.9. The van der Waals surface area contributed by atoms with E-state index in [0.29, 0.717) is 13.1 Å². The Morgan fingerprint density at radius 1 is 1.38 bits per heavy atom. The van der Waals surface area contributed by atoms with Crippen molar-refractivity contribution in [1.82, 2.24) is 10.2 Å². The molecule has 0 aliphatic carbocycles. The van der Waals surface area contributed by atoms with Gasteiger partial charge in [-0.25, -0.2) is 13.2 Å². The molecule has 1 rings (SSSR count). The predicted octanol–water partition coefficient (Wildman–Crippen LogP) is -1.59. The van der Waals surface area contributed by atoms with E-state index >= 15 is 0 Å². The first-order valence-corrected chi connectivity index (χ1v) is 8.91. The normalized spacial score (nSPS) is 19.1. The van der Waals surface area contributed by atoms with Crippen molar-refractivity contribution < 1.29 is 23.1 Å². The maximum Gasteiger partial charge on any atom is 0.326 e. The third-order valence-corrected chi connectivity index (χ3v) is 4.39. The second-order valence-electron chi connectivity index (χ2n) is 5.49. The molecule has 9 heteroatoms. The molecule has 1 unspecified atom stereocenters. The summed E-state index contributed by atoms with van der Waals surface area (Å²) >= 11 is 0. The maximum absolute atomic E-state index is 11.8. The summed E-state index contributed by atoms with van der Waals surface area (Å²) in [7, 11) is -3.26. The van der Waals surface area contributed by atoms with Gasteiger partial charge >= 0.3 is 5.97 Å². The highest BCUT2D eigenvalue weighted by Crippen LogP contribution is 2.07. The number of aliphatic carboxylic acids is 1. The Morgan fingerprint density at radius 2 is 1.95 bits per heavy atom. The molecule has 4 N–H and O–H groups in total. The number of nitrogens with zero attached hydrogens (tertiary/aromatic N) is 1. The number of rotatable bonds is 7. The van der Waals surface area contributed by atoms with Gasteiger partial charge in [-0.05, 0) is 19.3 Å². The van der Waals surface area contributed by atoms with E-state index in [4.69, 9.17) is 10.8 Å². The molecule has 8 nitrogen and oxygen atoms in total.